The molecule has 1 amide bonds. The Hall–Kier alpha value is -4.07. The van der Waals surface area contributed by atoms with Gasteiger partial charge in [0.15, 0.2) is 0 Å². The van der Waals surface area contributed by atoms with E-state index in [2.05, 4.69) is 51.0 Å². The fourth-order valence-corrected chi connectivity index (χ4v) is 5.53. The van der Waals surface area contributed by atoms with E-state index in [0.29, 0.717) is 31.6 Å². The van der Waals surface area contributed by atoms with Crippen LogP contribution in [0.25, 0.3) is 33.3 Å². The molecule has 0 bridgehead atoms. The van der Waals surface area contributed by atoms with E-state index >= 15 is 0 Å². The second kappa shape index (κ2) is 11.1. The average Bonchev–Trinajstić information content (AvgIpc) is 3.50. The first-order valence-corrected chi connectivity index (χ1v) is 13.4. The van der Waals surface area contributed by atoms with Crippen LogP contribution in [0, 0.1) is 0 Å². The zero-order valence-corrected chi connectivity index (χ0v) is 21.7. The van der Waals surface area contributed by atoms with E-state index in [4.69, 9.17) is 0 Å². The monoisotopic (exact) mass is 511 g/mol. The van der Waals surface area contributed by atoms with Crippen LogP contribution in [-0.2, 0) is 16.1 Å². The number of amides is 1. The van der Waals surface area contributed by atoms with Crippen molar-refractivity contribution >= 4 is 22.6 Å². The lowest BCUT2D eigenvalue weighted by molar-refractivity contribution is -0.163. The van der Waals surface area contributed by atoms with Gasteiger partial charge in [-0.1, -0.05) is 81.1 Å². The molecule has 0 atom stereocenters. The van der Waals surface area contributed by atoms with Crippen molar-refractivity contribution in [2.24, 2.45) is 0 Å². The molecule has 5 rings (SSSR count). The Labute approximate surface area is 222 Å². The van der Waals surface area contributed by atoms with E-state index in [-0.39, 0.29) is 5.91 Å². The first-order valence-electron chi connectivity index (χ1n) is 13.4. The molecule has 0 radical (unpaired) electrons. The van der Waals surface area contributed by atoms with Gasteiger partial charge in [0, 0.05) is 18.5 Å². The van der Waals surface area contributed by atoms with Crippen molar-refractivity contribution < 1.29 is 14.7 Å². The number of nitrogens with one attached hydrogen (secondary N) is 1. The van der Waals surface area contributed by atoms with Crippen LogP contribution >= 0.6 is 0 Å². The fourth-order valence-electron chi connectivity index (χ4n) is 5.53. The third-order valence-corrected chi connectivity index (χ3v) is 7.71. The zero-order valence-electron chi connectivity index (χ0n) is 21.7. The van der Waals surface area contributed by atoms with Crippen molar-refractivity contribution in [1.82, 2.24) is 25.5 Å². The standard InChI is InChI=1S/C30H33N5O3/c1-2-3-7-27(36)35(30(29(37)38)16-5-4-6-17-30)20-21-8-9-26-19-25(15-14-24(26)18-21)22-10-12-23(13-11-22)28-31-33-34-32-28/h8-15,18-19H,2-7,16-17,20H2,1H3,(H,37,38)(H,31,32,33,34). The maximum absolute atomic E-state index is 13.3. The summed E-state index contributed by atoms with van der Waals surface area (Å²) >= 11 is 0. The SMILES string of the molecule is CCCCC(=O)N(Cc1ccc2cc(-c3ccc(-c4nn[nH]n4)cc3)ccc2c1)C1(C(=O)O)CCCCC1. The van der Waals surface area contributed by atoms with Gasteiger partial charge in [-0.25, -0.2) is 4.79 Å². The lowest BCUT2D eigenvalue weighted by Gasteiger charge is -2.43. The number of aromatic amines is 1. The average molecular weight is 512 g/mol. The smallest absolute Gasteiger partial charge is 0.329 e. The molecule has 1 aliphatic carbocycles. The van der Waals surface area contributed by atoms with E-state index < -0.39 is 11.5 Å². The summed E-state index contributed by atoms with van der Waals surface area (Å²) in [5.74, 6) is -0.378. The summed E-state index contributed by atoms with van der Waals surface area (Å²) in [5, 5.41) is 26.6. The first-order chi connectivity index (χ1) is 18.5. The Morgan fingerprint density at radius 1 is 0.921 bits per heavy atom. The number of hydrogen-bond acceptors (Lipinski definition) is 5. The maximum Gasteiger partial charge on any atom is 0.329 e. The molecule has 196 valence electrons. The number of hydrogen-bond donors (Lipinski definition) is 2. The number of H-pyrrole nitrogens is 1. The highest BCUT2D eigenvalue weighted by molar-refractivity contribution is 5.89. The molecule has 1 fully saturated rings. The van der Waals surface area contributed by atoms with Crippen molar-refractivity contribution in [2.45, 2.75) is 70.4 Å². The Balaban J connectivity index is 1.41. The summed E-state index contributed by atoms with van der Waals surface area (Å²) in [6.45, 7) is 2.36. The molecule has 8 nitrogen and oxygen atoms in total. The van der Waals surface area contributed by atoms with E-state index in [1.165, 1.54) is 0 Å². The molecule has 38 heavy (non-hydrogen) atoms. The molecular weight excluding hydrogens is 478 g/mol. The van der Waals surface area contributed by atoms with Crippen LogP contribution < -0.4 is 0 Å². The fraction of sp³-hybridized carbons (Fsp3) is 0.367. The van der Waals surface area contributed by atoms with Crippen molar-refractivity contribution in [3.05, 3.63) is 66.2 Å². The summed E-state index contributed by atoms with van der Waals surface area (Å²) < 4.78 is 0. The van der Waals surface area contributed by atoms with Crippen LogP contribution in [0.2, 0.25) is 0 Å². The third-order valence-electron chi connectivity index (χ3n) is 7.71. The number of benzene rings is 3. The van der Waals surface area contributed by atoms with Crippen LogP contribution in [0.3, 0.4) is 0 Å². The van der Waals surface area contributed by atoms with Crippen molar-refractivity contribution in [2.75, 3.05) is 0 Å². The van der Waals surface area contributed by atoms with Crippen molar-refractivity contribution in [1.29, 1.82) is 0 Å². The van der Waals surface area contributed by atoms with Crippen LogP contribution in [0.15, 0.2) is 60.7 Å². The van der Waals surface area contributed by atoms with E-state index in [0.717, 1.165) is 65.1 Å². The van der Waals surface area contributed by atoms with Gasteiger partial charge in [-0.05, 0) is 64.1 Å². The highest BCUT2D eigenvalue weighted by atomic mass is 16.4. The van der Waals surface area contributed by atoms with Crippen LogP contribution in [0.1, 0.15) is 63.9 Å². The first kappa shape index (κ1) is 25.6. The normalized spacial score (nSPS) is 14.9. The van der Waals surface area contributed by atoms with Gasteiger partial charge < -0.3 is 10.0 Å². The molecule has 4 aromatic rings. The molecule has 1 heterocycles. The third kappa shape index (κ3) is 5.16. The van der Waals surface area contributed by atoms with E-state index in [1.54, 1.807) is 4.90 Å². The minimum absolute atomic E-state index is 0.0594. The number of fused-ring (bicyclic) bond motifs is 1. The molecule has 8 heteroatoms. The number of carboxylic acids is 1. The number of tetrazole rings is 1. The van der Waals surface area contributed by atoms with Crippen molar-refractivity contribution in [3.63, 3.8) is 0 Å². The number of carbonyl (C=O) groups excluding carboxylic acids is 1. The number of rotatable bonds is 9. The molecule has 0 spiro atoms. The van der Waals surface area contributed by atoms with Gasteiger partial charge in [0.1, 0.15) is 5.54 Å². The predicted molar refractivity (Wildman–Crippen MR) is 146 cm³/mol. The number of carboxylic acid groups (broad SMARTS) is 1. The Morgan fingerprint density at radius 2 is 1.61 bits per heavy atom. The molecule has 1 aromatic heterocycles. The Kier molecular flexibility index (Phi) is 7.49. The molecule has 3 aromatic carbocycles. The van der Waals surface area contributed by atoms with E-state index in [1.807, 2.05) is 37.3 Å². The molecule has 1 aliphatic rings. The number of aliphatic carboxylic acids is 1. The Morgan fingerprint density at radius 3 is 2.29 bits per heavy atom. The summed E-state index contributed by atoms with van der Waals surface area (Å²) in [6, 6.07) is 20.5. The number of aromatic nitrogens is 4. The Bertz CT molecular complexity index is 1410. The van der Waals surface area contributed by atoms with Crippen molar-refractivity contribution in [3.8, 4) is 22.5 Å². The molecule has 0 saturated heterocycles. The van der Waals surface area contributed by atoms with Crippen LogP contribution in [-0.4, -0.2) is 48.0 Å². The summed E-state index contributed by atoms with van der Waals surface area (Å²) in [5.41, 5.74) is 2.90. The number of nitrogens with zero attached hydrogens (tertiary/aromatic N) is 4. The quantitative estimate of drug-likeness (QED) is 0.285. The summed E-state index contributed by atoms with van der Waals surface area (Å²) in [7, 11) is 0. The molecule has 0 aliphatic heterocycles. The van der Waals surface area contributed by atoms with E-state index in [9.17, 15) is 14.7 Å². The van der Waals surface area contributed by atoms with Gasteiger partial charge in [0.05, 0.1) is 0 Å². The highest BCUT2D eigenvalue weighted by Gasteiger charge is 2.46. The van der Waals surface area contributed by atoms with Gasteiger partial charge in [-0.15, -0.1) is 10.2 Å². The lowest BCUT2D eigenvalue weighted by atomic mass is 9.79. The molecular formula is C30H33N5O3. The number of carbonyl (C=O) groups is 2. The molecule has 0 unspecified atom stereocenters. The summed E-state index contributed by atoms with van der Waals surface area (Å²) in [4.78, 5) is 27.6. The lowest BCUT2D eigenvalue weighted by Crippen LogP contribution is -2.57. The molecule has 2 N–H and O–H groups in total. The summed E-state index contributed by atoms with van der Waals surface area (Å²) in [6.07, 6.45) is 5.77. The minimum Gasteiger partial charge on any atom is -0.479 e. The largest absolute Gasteiger partial charge is 0.479 e. The second-order valence-electron chi connectivity index (χ2n) is 10.2. The van der Waals surface area contributed by atoms with Gasteiger partial charge in [0.2, 0.25) is 11.7 Å². The minimum atomic E-state index is -1.12. The van der Waals surface area contributed by atoms with Gasteiger partial charge in [0.25, 0.3) is 0 Å². The zero-order chi connectivity index (χ0) is 26.5. The molecule has 1 saturated carbocycles. The van der Waals surface area contributed by atoms with Gasteiger partial charge in [-0.3, -0.25) is 4.79 Å². The van der Waals surface area contributed by atoms with Gasteiger partial charge in [-0.2, -0.15) is 5.21 Å². The highest BCUT2D eigenvalue weighted by Crippen LogP contribution is 2.36. The maximum atomic E-state index is 13.3. The second-order valence-corrected chi connectivity index (χ2v) is 10.2. The van der Waals surface area contributed by atoms with Crippen LogP contribution in [0.5, 0.6) is 0 Å². The van der Waals surface area contributed by atoms with Gasteiger partial charge >= 0.3 is 5.97 Å². The number of unbranched alkanes of at least 4 members (excludes halogenated alkanes) is 1. The predicted octanol–water partition coefficient (Wildman–Crippen LogP) is 5.99. The topological polar surface area (TPSA) is 112 Å². The van der Waals surface area contributed by atoms with Crippen LogP contribution in [0.4, 0.5) is 0 Å².